The summed E-state index contributed by atoms with van der Waals surface area (Å²) in [6, 6.07) is 13.7. The lowest BCUT2D eigenvalue weighted by Crippen LogP contribution is -2.30. The molecule has 0 bridgehead atoms. The highest BCUT2D eigenvalue weighted by molar-refractivity contribution is 6.30. The third kappa shape index (κ3) is 5.57. The second kappa shape index (κ2) is 8.74. The average Bonchev–Trinajstić information content (AvgIpc) is 2.54. The maximum absolute atomic E-state index is 12.0. The van der Waals surface area contributed by atoms with Crippen molar-refractivity contribution in [3.8, 4) is 5.75 Å². The van der Waals surface area contributed by atoms with Crippen molar-refractivity contribution in [3.05, 3.63) is 64.2 Å². The average molecular weight is 346 g/mol. The number of halogens is 1. The summed E-state index contributed by atoms with van der Waals surface area (Å²) < 4.78 is 5.73. The van der Waals surface area contributed by atoms with Crippen LogP contribution in [0.5, 0.6) is 5.75 Å². The van der Waals surface area contributed by atoms with Crippen molar-refractivity contribution >= 4 is 17.5 Å². The Hall–Kier alpha value is -2.00. The Morgan fingerprint density at radius 2 is 1.88 bits per heavy atom. The molecule has 2 rings (SSSR count). The number of benzene rings is 2. The standard InChI is InChI=1S/C20H24ClNO2/c1-14(2)18-9-4-15(3)12-19(18)24-13-20(23)22-11-10-16-5-7-17(21)8-6-16/h4-9,12,14H,10-11,13H2,1-3H3,(H,22,23). The van der Waals surface area contributed by atoms with Gasteiger partial charge in [-0.05, 0) is 54.2 Å². The van der Waals surface area contributed by atoms with Gasteiger partial charge in [0.1, 0.15) is 5.75 Å². The van der Waals surface area contributed by atoms with Gasteiger partial charge in [0.15, 0.2) is 6.61 Å². The number of hydrogen-bond acceptors (Lipinski definition) is 2. The van der Waals surface area contributed by atoms with Crippen molar-refractivity contribution in [1.82, 2.24) is 5.32 Å². The summed E-state index contributed by atoms with van der Waals surface area (Å²) in [5.74, 6) is 1.03. The van der Waals surface area contributed by atoms with Gasteiger partial charge in [-0.15, -0.1) is 0 Å². The van der Waals surface area contributed by atoms with Gasteiger partial charge in [0.05, 0.1) is 0 Å². The van der Waals surface area contributed by atoms with Crippen LogP contribution < -0.4 is 10.1 Å². The molecule has 2 aromatic rings. The maximum Gasteiger partial charge on any atom is 0.257 e. The monoisotopic (exact) mass is 345 g/mol. The van der Waals surface area contributed by atoms with E-state index in [1.54, 1.807) is 0 Å². The molecule has 0 aliphatic rings. The van der Waals surface area contributed by atoms with Gasteiger partial charge in [0.2, 0.25) is 0 Å². The molecular formula is C20H24ClNO2. The molecule has 0 aliphatic heterocycles. The van der Waals surface area contributed by atoms with E-state index >= 15 is 0 Å². The van der Waals surface area contributed by atoms with Crippen molar-refractivity contribution < 1.29 is 9.53 Å². The van der Waals surface area contributed by atoms with E-state index in [-0.39, 0.29) is 12.5 Å². The number of rotatable bonds is 7. The predicted molar refractivity (Wildman–Crippen MR) is 98.9 cm³/mol. The zero-order valence-corrected chi connectivity index (χ0v) is 15.2. The molecule has 0 fully saturated rings. The molecule has 0 unspecified atom stereocenters. The Bertz CT molecular complexity index is 681. The highest BCUT2D eigenvalue weighted by Gasteiger charge is 2.10. The van der Waals surface area contributed by atoms with Crippen molar-refractivity contribution in [1.29, 1.82) is 0 Å². The summed E-state index contributed by atoms with van der Waals surface area (Å²) >= 11 is 5.86. The molecule has 2 aromatic carbocycles. The second-order valence-electron chi connectivity index (χ2n) is 6.21. The number of carbonyl (C=O) groups is 1. The van der Waals surface area contributed by atoms with E-state index in [0.29, 0.717) is 12.5 Å². The van der Waals surface area contributed by atoms with Gasteiger partial charge in [0, 0.05) is 11.6 Å². The number of carbonyl (C=O) groups excluding carboxylic acids is 1. The Kier molecular flexibility index (Phi) is 6.68. The van der Waals surface area contributed by atoms with Crippen LogP contribution in [0, 0.1) is 6.92 Å². The molecule has 0 spiro atoms. The Morgan fingerprint density at radius 1 is 1.17 bits per heavy atom. The first-order valence-electron chi connectivity index (χ1n) is 8.20. The summed E-state index contributed by atoms with van der Waals surface area (Å²) in [7, 11) is 0. The summed E-state index contributed by atoms with van der Waals surface area (Å²) in [5, 5.41) is 3.60. The van der Waals surface area contributed by atoms with Crippen LogP contribution >= 0.6 is 11.6 Å². The van der Waals surface area contributed by atoms with Crippen LogP contribution in [0.2, 0.25) is 5.02 Å². The molecule has 0 saturated carbocycles. The van der Waals surface area contributed by atoms with E-state index in [1.165, 1.54) is 0 Å². The molecule has 0 saturated heterocycles. The number of nitrogens with one attached hydrogen (secondary N) is 1. The van der Waals surface area contributed by atoms with Crippen LogP contribution in [0.15, 0.2) is 42.5 Å². The minimum Gasteiger partial charge on any atom is -0.483 e. The predicted octanol–water partition coefficient (Wildman–Crippen LogP) is 4.51. The fourth-order valence-corrected chi connectivity index (χ4v) is 2.56. The molecule has 3 nitrogen and oxygen atoms in total. The summed E-state index contributed by atoms with van der Waals surface area (Å²) in [6.45, 7) is 6.86. The highest BCUT2D eigenvalue weighted by atomic mass is 35.5. The quantitative estimate of drug-likeness (QED) is 0.801. The second-order valence-corrected chi connectivity index (χ2v) is 6.65. The highest BCUT2D eigenvalue weighted by Crippen LogP contribution is 2.27. The first kappa shape index (κ1) is 18.3. The van der Waals surface area contributed by atoms with Gasteiger partial charge < -0.3 is 10.1 Å². The summed E-state index contributed by atoms with van der Waals surface area (Å²) in [5.41, 5.74) is 3.38. The molecular weight excluding hydrogens is 322 g/mol. The molecule has 0 radical (unpaired) electrons. The molecule has 0 aromatic heterocycles. The molecule has 0 heterocycles. The Morgan fingerprint density at radius 3 is 2.54 bits per heavy atom. The van der Waals surface area contributed by atoms with E-state index < -0.39 is 0 Å². The van der Waals surface area contributed by atoms with Crippen molar-refractivity contribution in [3.63, 3.8) is 0 Å². The van der Waals surface area contributed by atoms with E-state index in [9.17, 15) is 4.79 Å². The lowest BCUT2D eigenvalue weighted by atomic mass is 10.0. The molecule has 4 heteroatoms. The van der Waals surface area contributed by atoms with E-state index in [1.807, 2.05) is 37.3 Å². The van der Waals surface area contributed by atoms with Crippen molar-refractivity contribution in [2.75, 3.05) is 13.2 Å². The fourth-order valence-electron chi connectivity index (χ4n) is 2.44. The smallest absolute Gasteiger partial charge is 0.257 e. The first-order valence-corrected chi connectivity index (χ1v) is 8.58. The van der Waals surface area contributed by atoms with E-state index in [0.717, 1.165) is 33.9 Å². The lowest BCUT2D eigenvalue weighted by Gasteiger charge is -2.14. The van der Waals surface area contributed by atoms with Gasteiger partial charge in [-0.2, -0.15) is 0 Å². The SMILES string of the molecule is Cc1ccc(C(C)C)c(OCC(=O)NCCc2ccc(Cl)cc2)c1. The summed E-state index contributed by atoms with van der Waals surface area (Å²) in [6.07, 6.45) is 0.768. The fraction of sp³-hybridized carbons (Fsp3) is 0.350. The van der Waals surface area contributed by atoms with Crippen LogP contribution in [0.1, 0.15) is 36.5 Å². The zero-order chi connectivity index (χ0) is 17.5. The number of amides is 1. The zero-order valence-electron chi connectivity index (χ0n) is 14.4. The third-order valence-corrected chi connectivity index (χ3v) is 4.05. The van der Waals surface area contributed by atoms with Gasteiger partial charge in [-0.1, -0.05) is 49.7 Å². The minimum absolute atomic E-state index is 0.0315. The lowest BCUT2D eigenvalue weighted by molar-refractivity contribution is -0.123. The molecule has 128 valence electrons. The Labute approximate surface area is 149 Å². The van der Waals surface area contributed by atoms with Gasteiger partial charge >= 0.3 is 0 Å². The largest absolute Gasteiger partial charge is 0.483 e. The molecule has 24 heavy (non-hydrogen) atoms. The number of aryl methyl sites for hydroxylation is 1. The van der Waals surface area contributed by atoms with E-state index in [4.69, 9.17) is 16.3 Å². The van der Waals surface area contributed by atoms with Gasteiger partial charge in [-0.25, -0.2) is 0 Å². The third-order valence-electron chi connectivity index (χ3n) is 3.80. The first-order chi connectivity index (χ1) is 11.5. The Balaban J connectivity index is 1.81. The molecule has 1 amide bonds. The van der Waals surface area contributed by atoms with Crippen molar-refractivity contribution in [2.45, 2.75) is 33.1 Å². The molecule has 0 atom stereocenters. The summed E-state index contributed by atoms with van der Waals surface area (Å²) in [4.78, 5) is 12.0. The normalized spacial score (nSPS) is 10.7. The number of hydrogen-bond donors (Lipinski definition) is 1. The minimum atomic E-state index is -0.111. The van der Waals surface area contributed by atoms with E-state index in [2.05, 4.69) is 31.3 Å². The number of ether oxygens (including phenoxy) is 1. The topological polar surface area (TPSA) is 38.3 Å². The molecule has 1 N–H and O–H groups in total. The van der Waals surface area contributed by atoms with Crippen LogP contribution in [0.4, 0.5) is 0 Å². The van der Waals surface area contributed by atoms with Crippen LogP contribution in [-0.2, 0) is 11.2 Å². The van der Waals surface area contributed by atoms with Crippen LogP contribution in [0.25, 0.3) is 0 Å². The van der Waals surface area contributed by atoms with Gasteiger partial charge in [0.25, 0.3) is 5.91 Å². The maximum atomic E-state index is 12.0. The van der Waals surface area contributed by atoms with Crippen LogP contribution in [0.3, 0.4) is 0 Å². The van der Waals surface area contributed by atoms with Gasteiger partial charge in [-0.3, -0.25) is 4.79 Å². The van der Waals surface area contributed by atoms with Crippen molar-refractivity contribution in [2.24, 2.45) is 0 Å². The molecule has 0 aliphatic carbocycles. The van der Waals surface area contributed by atoms with Crippen LogP contribution in [-0.4, -0.2) is 19.1 Å².